The van der Waals surface area contributed by atoms with Crippen molar-refractivity contribution in [3.8, 4) is 0 Å². The Bertz CT molecular complexity index is 204. The number of hydrogen-bond acceptors (Lipinski definition) is 3. The SMILES string of the molecule is COC1CCN(N2CC(C)CC(C)C2)CC1. The lowest BCUT2D eigenvalue weighted by atomic mass is 9.93. The van der Waals surface area contributed by atoms with E-state index in [0.29, 0.717) is 6.10 Å². The van der Waals surface area contributed by atoms with Crippen LogP contribution in [0.1, 0.15) is 33.1 Å². The largest absolute Gasteiger partial charge is 0.381 e. The Hall–Kier alpha value is -0.120. The molecule has 2 heterocycles. The summed E-state index contributed by atoms with van der Waals surface area (Å²) in [4.78, 5) is 0. The van der Waals surface area contributed by atoms with E-state index in [-0.39, 0.29) is 0 Å². The topological polar surface area (TPSA) is 15.7 Å². The van der Waals surface area contributed by atoms with Crippen LogP contribution in [-0.4, -0.2) is 49.4 Å². The molecule has 0 aromatic carbocycles. The second kappa shape index (κ2) is 5.48. The Balaban J connectivity index is 1.83. The molecule has 2 aliphatic heterocycles. The van der Waals surface area contributed by atoms with Gasteiger partial charge in [0.05, 0.1) is 6.10 Å². The predicted octanol–water partition coefficient (Wildman–Crippen LogP) is 1.99. The molecule has 2 fully saturated rings. The van der Waals surface area contributed by atoms with Crippen LogP contribution in [0.5, 0.6) is 0 Å². The molecule has 0 amide bonds. The van der Waals surface area contributed by atoms with Crippen molar-refractivity contribution in [2.24, 2.45) is 11.8 Å². The number of ether oxygens (including phenoxy) is 1. The van der Waals surface area contributed by atoms with Gasteiger partial charge in [-0.05, 0) is 31.1 Å². The molecule has 0 aliphatic carbocycles. The van der Waals surface area contributed by atoms with Crippen molar-refractivity contribution in [2.45, 2.75) is 39.2 Å². The highest BCUT2D eigenvalue weighted by Gasteiger charge is 2.28. The molecule has 0 bridgehead atoms. The number of hydrazine groups is 1. The van der Waals surface area contributed by atoms with Crippen molar-refractivity contribution < 1.29 is 4.74 Å². The van der Waals surface area contributed by atoms with Gasteiger partial charge in [0.25, 0.3) is 0 Å². The summed E-state index contributed by atoms with van der Waals surface area (Å²) in [6.07, 6.45) is 4.27. The van der Waals surface area contributed by atoms with E-state index in [1.54, 1.807) is 0 Å². The van der Waals surface area contributed by atoms with Crippen LogP contribution in [0, 0.1) is 11.8 Å². The first-order valence-corrected chi connectivity index (χ1v) is 6.71. The van der Waals surface area contributed by atoms with Gasteiger partial charge in [-0.2, -0.15) is 0 Å². The highest BCUT2D eigenvalue weighted by molar-refractivity contribution is 4.77. The molecule has 3 heteroatoms. The lowest BCUT2D eigenvalue weighted by molar-refractivity contribution is -0.0992. The maximum absolute atomic E-state index is 5.42. The van der Waals surface area contributed by atoms with Crippen LogP contribution >= 0.6 is 0 Å². The molecule has 0 radical (unpaired) electrons. The summed E-state index contributed by atoms with van der Waals surface area (Å²) >= 11 is 0. The summed E-state index contributed by atoms with van der Waals surface area (Å²) in [5.74, 6) is 1.70. The fourth-order valence-electron chi connectivity index (χ4n) is 3.22. The monoisotopic (exact) mass is 226 g/mol. The minimum Gasteiger partial charge on any atom is -0.381 e. The summed E-state index contributed by atoms with van der Waals surface area (Å²) < 4.78 is 5.42. The predicted molar refractivity (Wildman–Crippen MR) is 66.1 cm³/mol. The fraction of sp³-hybridized carbons (Fsp3) is 1.00. The van der Waals surface area contributed by atoms with Crippen molar-refractivity contribution in [1.82, 2.24) is 10.0 Å². The molecule has 2 atom stereocenters. The molecule has 2 aliphatic rings. The highest BCUT2D eigenvalue weighted by atomic mass is 16.5. The lowest BCUT2D eigenvalue weighted by Crippen LogP contribution is -2.53. The van der Waals surface area contributed by atoms with Gasteiger partial charge < -0.3 is 4.74 Å². The minimum absolute atomic E-state index is 0.496. The zero-order chi connectivity index (χ0) is 11.5. The summed E-state index contributed by atoms with van der Waals surface area (Å²) in [7, 11) is 1.84. The third kappa shape index (κ3) is 2.96. The number of rotatable bonds is 2. The first-order valence-electron chi connectivity index (χ1n) is 6.71. The number of nitrogens with zero attached hydrogens (tertiary/aromatic N) is 2. The molecule has 2 unspecified atom stereocenters. The second-order valence-electron chi connectivity index (χ2n) is 5.71. The average molecular weight is 226 g/mol. The summed E-state index contributed by atoms with van der Waals surface area (Å²) in [6, 6.07) is 0. The van der Waals surface area contributed by atoms with E-state index < -0.39 is 0 Å². The number of methoxy groups -OCH3 is 1. The summed E-state index contributed by atoms with van der Waals surface area (Å²) in [6.45, 7) is 9.62. The molecule has 0 aromatic rings. The van der Waals surface area contributed by atoms with Crippen molar-refractivity contribution in [3.05, 3.63) is 0 Å². The minimum atomic E-state index is 0.496. The lowest BCUT2D eigenvalue weighted by Gasteiger charge is -2.44. The van der Waals surface area contributed by atoms with Crippen molar-refractivity contribution in [3.63, 3.8) is 0 Å². The molecule has 0 N–H and O–H groups in total. The van der Waals surface area contributed by atoms with Crippen LogP contribution in [0.2, 0.25) is 0 Å². The summed E-state index contributed by atoms with van der Waals surface area (Å²) in [5, 5.41) is 5.15. The zero-order valence-corrected chi connectivity index (χ0v) is 11.0. The number of hydrogen-bond donors (Lipinski definition) is 0. The molecular weight excluding hydrogens is 200 g/mol. The maximum Gasteiger partial charge on any atom is 0.0596 e. The van der Waals surface area contributed by atoms with Gasteiger partial charge in [0.15, 0.2) is 0 Å². The molecule has 3 nitrogen and oxygen atoms in total. The van der Waals surface area contributed by atoms with Crippen LogP contribution in [0.25, 0.3) is 0 Å². The Morgan fingerprint density at radius 3 is 2.00 bits per heavy atom. The van der Waals surface area contributed by atoms with E-state index in [9.17, 15) is 0 Å². The van der Waals surface area contributed by atoms with Crippen molar-refractivity contribution in [1.29, 1.82) is 0 Å². The van der Waals surface area contributed by atoms with Crippen LogP contribution in [-0.2, 0) is 4.74 Å². The van der Waals surface area contributed by atoms with Crippen molar-refractivity contribution >= 4 is 0 Å². The first-order chi connectivity index (χ1) is 7.69. The molecule has 0 aromatic heterocycles. The third-order valence-electron chi connectivity index (χ3n) is 4.00. The van der Waals surface area contributed by atoms with Crippen molar-refractivity contribution in [2.75, 3.05) is 33.3 Å². The van der Waals surface area contributed by atoms with Crippen LogP contribution in [0.3, 0.4) is 0 Å². The first kappa shape index (κ1) is 12.3. The smallest absolute Gasteiger partial charge is 0.0596 e. The normalized spacial score (nSPS) is 35.4. The Labute approximate surface area is 99.7 Å². The molecular formula is C13H26N2O. The molecule has 0 saturated carbocycles. The van der Waals surface area contributed by atoms with Crippen LogP contribution < -0.4 is 0 Å². The average Bonchev–Trinajstić information content (AvgIpc) is 2.28. The molecule has 2 rings (SSSR count). The molecule has 16 heavy (non-hydrogen) atoms. The van der Waals surface area contributed by atoms with Gasteiger partial charge in [-0.15, -0.1) is 0 Å². The maximum atomic E-state index is 5.42. The van der Waals surface area contributed by atoms with Gasteiger partial charge in [-0.3, -0.25) is 0 Å². The van der Waals surface area contributed by atoms with E-state index >= 15 is 0 Å². The number of piperidine rings is 2. The Morgan fingerprint density at radius 2 is 1.50 bits per heavy atom. The van der Waals surface area contributed by atoms with E-state index in [4.69, 9.17) is 4.74 Å². The molecule has 0 spiro atoms. The quantitative estimate of drug-likeness (QED) is 0.716. The van der Waals surface area contributed by atoms with E-state index in [1.807, 2.05) is 7.11 Å². The fourth-order valence-corrected chi connectivity index (χ4v) is 3.22. The van der Waals surface area contributed by atoms with Gasteiger partial charge in [-0.1, -0.05) is 13.8 Å². The van der Waals surface area contributed by atoms with Crippen LogP contribution in [0.4, 0.5) is 0 Å². The third-order valence-corrected chi connectivity index (χ3v) is 4.00. The van der Waals surface area contributed by atoms with Gasteiger partial charge in [0.2, 0.25) is 0 Å². The van der Waals surface area contributed by atoms with E-state index in [1.165, 1.54) is 45.4 Å². The van der Waals surface area contributed by atoms with Gasteiger partial charge >= 0.3 is 0 Å². The van der Waals surface area contributed by atoms with Gasteiger partial charge in [-0.25, -0.2) is 10.0 Å². The Morgan fingerprint density at radius 1 is 0.938 bits per heavy atom. The Kier molecular flexibility index (Phi) is 4.22. The standard InChI is InChI=1S/C13H26N2O/c1-11-8-12(2)10-15(9-11)14-6-4-13(16-3)5-7-14/h11-13H,4-10H2,1-3H3. The zero-order valence-electron chi connectivity index (χ0n) is 11.0. The van der Waals surface area contributed by atoms with Gasteiger partial charge in [0, 0.05) is 33.3 Å². The second-order valence-corrected chi connectivity index (χ2v) is 5.71. The highest BCUT2D eigenvalue weighted by Crippen LogP contribution is 2.24. The van der Waals surface area contributed by atoms with Crippen LogP contribution in [0.15, 0.2) is 0 Å². The molecule has 2 saturated heterocycles. The van der Waals surface area contributed by atoms with E-state index in [2.05, 4.69) is 23.9 Å². The van der Waals surface area contributed by atoms with Gasteiger partial charge in [0.1, 0.15) is 0 Å². The van der Waals surface area contributed by atoms with E-state index in [0.717, 1.165) is 11.8 Å². The summed E-state index contributed by atoms with van der Waals surface area (Å²) in [5.41, 5.74) is 0. The molecule has 94 valence electrons.